The van der Waals surface area contributed by atoms with Gasteiger partial charge in [0.25, 0.3) is 0 Å². The zero-order valence-electron chi connectivity index (χ0n) is 19.5. The molecule has 2 rings (SSSR count). The molecule has 0 aliphatic carbocycles. The summed E-state index contributed by atoms with van der Waals surface area (Å²) in [4.78, 5) is 17.4. The summed E-state index contributed by atoms with van der Waals surface area (Å²) in [5.74, 6) is 1.37. The predicted molar refractivity (Wildman–Crippen MR) is 129 cm³/mol. The number of ether oxygens (including phenoxy) is 1. The molecule has 7 heteroatoms. The van der Waals surface area contributed by atoms with Crippen LogP contribution in [0.5, 0.6) is 5.75 Å². The number of aliphatic imine (C=N–C) groups is 1. The number of anilines is 1. The standard InChI is InChI=1S/C25H33FN4O2/c1-6-19-16-20(8-13-23(19)26)24(31)17(3)25(27-5)30-18(4)29-21-9-11-22(12-10-21)32-15-14-28-7-2/h8-13,16,27-28H,6-7,14-15H2,1-5H3,(H,29,30)/b25-17+. The van der Waals surface area contributed by atoms with E-state index in [9.17, 15) is 9.18 Å². The lowest BCUT2D eigenvalue weighted by atomic mass is 10.0. The lowest BCUT2D eigenvalue weighted by Gasteiger charge is -2.12. The molecular formula is C25H33FN4O2. The Morgan fingerprint density at radius 3 is 2.44 bits per heavy atom. The zero-order chi connectivity index (χ0) is 23.5. The average molecular weight is 441 g/mol. The molecule has 6 nitrogen and oxygen atoms in total. The molecule has 0 saturated heterocycles. The van der Waals surface area contributed by atoms with E-state index in [-0.39, 0.29) is 11.6 Å². The van der Waals surface area contributed by atoms with Crippen molar-refractivity contribution < 1.29 is 13.9 Å². The molecule has 2 aromatic carbocycles. The van der Waals surface area contributed by atoms with E-state index in [4.69, 9.17) is 4.74 Å². The molecule has 3 N–H and O–H groups in total. The molecule has 0 fully saturated rings. The third-order valence-electron chi connectivity index (χ3n) is 4.88. The normalized spacial score (nSPS) is 12.2. The van der Waals surface area contributed by atoms with E-state index in [0.29, 0.717) is 41.4 Å². The summed E-state index contributed by atoms with van der Waals surface area (Å²) in [6.45, 7) is 9.78. The summed E-state index contributed by atoms with van der Waals surface area (Å²) in [6.07, 6.45) is 0.523. The quantitative estimate of drug-likeness (QED) is 0.157. The van der Waals surface area contributed by atoms with Crippen LogP contribution in [0.4, 0.5) is 10.1 Å². The van der Waals surface area contributed by atoms with Crippen LogP contribution in [0.2, 0.25) is 0 Å². The summed E-state index contributed by atoms with van der Waals surface area (Å²) in [5.41, 5.74) is 2.27. The summed E-state index contributed by atoms with van der Waals surface area (Å²) < 4.78 is 19.5. The molecule has 0 bridgehead atoms. The van der Waals surface area contributed by atoms with Crippen LogP contribution >= 0.6 is 0 Å². The van der Waals surface area contributed by atoms with Gasteiger partial charge in [-0.05, 0) is 74.8 Å². The number of allylic oxidation sites excluding steroid dienone is 1. The molecule has 0 aromatic heterocycles. The van der Waals surface area contributed by atoms with Gasteiger partial charge in [-0.1, -0.05) is 13.8 Å². The average Bonchev–Trinajstić information content (AvgIpc) is 2.80. The van der Waals surface area contributed by atoms with Crippen molar-refractivity contribution in [1.29, 1.82) is 0 Å². The summed E-state index contributed by atoms with van der Waals surface area (Å²) in [7, 11) is 1.71. The molecule has 0 atom stereocenters. The molecule has 0 aliphatic rings. The fourth-order valence-corrected chi connectivity index (χ4v) is 3.10. The minimum atomic E-state index is -0.299. The predicted octanol–water partition coefficient (Wildman–Crippen LogP) is 4.54. The Morgan fingerprint density at radius 1 is 1.09 bits per heavy atom. The Hall–Kier alpha value is -3.19. The molecule has 0 heterocycles. The number of nitrogens with zero attached hydrogens (tertiary/aromatic N) is 1. The first-order chi connectivity index (χ1) is 15.4. The van der Waals surface area contributed by atoms with Crippen molar-refractivity contribution in [1.82, 2.24) is 10.6 Å². The van der Waals surface area contributed by atoms with Crippen LogP contribution in [0.25, 0.3) is 0 Å². The number of halogens is 1. The number of amidine groups is 1. The lowest BCUT2D eigenvalue weighted by molar-refractivity contribution is 0.103. The largest absolute Gasteiger partial charge is 0.492 e. The number of carbonyl (C=O) groups excluding carboxylic acids is 1. The van der Waals surface area contributed by atoms with Gasteiger partial charge in [-0.15, -0.1) is 0 Å². The highest BCUT2D eigenvalue weighted by Crippen LogP contribution is 2.18. The van der Waals surface area contributed by atoms with Crippen molar-refractivity contribution >= 4 is 17.3 Å². The number of carbonyl (C=O) groups is 1. The van der Waals surface area contributed by atoms with Gasteiger partial charge in [0, 0.05) is 30.4 Å². The molecule has 0 aliphatic heterocycles. The van der Waals surface area contributed by atoms with Gasteiger partial charge in [-0.25, -0.2) is 9.38 Å². The second-order valence-corrected chi connectivity index (χ2v) is 7.26. The lowest BCUT2D eigenvalue weighted by Crippen LogP contribution is -2.20. The Kier molecular flexibility index (Phi) is 9.88. The van der Waals surface area contributed by atoms with Crippen molar-refractivity contribution in [3.05, 3.63) is 70.8 Å². The monoisotopic (exact) mass is 440 g/mol. The topological polar surface area (TPSA) is 74.8 Å². The van der Waals surface area contributed by atoms with E-state index in [1.54, 1.807) is 20.0 Å². The van der Waals surface area contributed by atoms with Gasteiger partial charge in [0.2, 0.25) is 0 Å². The minimum Gasteiger partial charge on any atom is -0.492 e. The van der Waals surface area contributed by atoms with Crippen LogP contribution in [0.15, 0.2) is 58.9 Å². The maximum Gasteiger partial charge on any atom is 0.192 e. The van der Waals surface area contributed by atoms with Crippen molar-refractivity contribution in [2.75, 3.05) is 32.1 Å². The second kappa shape index (κ2) is 12.6. The van der Waals surface area contributed by atoms with Crippen LogP contribution in [-0.2, 0) is 6.42 Å². The highest BCUT2D eigenvalue weighted by molar-refractivity contribution is 6.09. The SMILES string of the molecule is CCNCCOc1ccc(N/C(C)=N/C(NC)=C(\C)C(=O)c2ccc(F)c(CC)c2)cc1. The van der Waals surface area contributed by atoms with Gasteiger partial charge >= 0.3 is 0 Å². The van der Waals surface area contributed by atoms with E-state index >= 15 is 0 Å². The van der Waals surface area contributed by atoms with E-state index in [1.807, 2.05) is 38.1 Å². The number of rotatable bonds is 11. The Morgan fingerprint density at radius 2 is 1.81 bits per heavy atom. The number of ketones is 1. The van der Waals surface area contributed by atoms with Gasteiger partial charge < -0.3 is 20.7 Å². The highest BCUT2D eigenvalue weighted by Gasteiger charge is 2.14. The fourth-order valence-electron chi connectivity index (χ4n) is 3.10. The Labute approximate surface area is 190 Å². The molecule has 0 unspecified atom stereocenters. The van der Waals surface area contributed by atoms with Crippen LogP contribution in [0.1, 0.15) is 43.6 Å². The number of benzene rings is 2. The van der Waals surface area contributed by atoms with E-state index in [2.05, 4.69) is 27.9 Å². The summed E-state index contributed by atoms with van der Waals surface area (Å²) in [6, 6.07) is 12.0. The van der Waals surface area contributed by atoms with E-state index < -0.39 is 0 Å². The third-order valence-corrected chi connectivity index (χ3v) is 4.88. The van der Waals surface area contributed by atoms with Crippen molar-refractivity contribution in [3.63, 3.8) is 0 Å². The molecule has 0 spiro atoms. The molecule has 2 aromatic rings. The Balaban J connectivity index is 2.10. The van der Waals surface area contributed by atoms with Gasteiger partial charge in [-0.2, -0.15) is 0 Å². The molecule has 172 valence electrons. The molecular weight excluding hydrogens is 407 g/mol. The van der Waals surface area contributed by atoms with Crippen LogP contribution < -0.4 is 20.7 Å². The maximum atomic E-state index is 13.8. The van der Waals surface area contributed by atoms with Crippen molar-refractivity contribution in [3.8, 4) is 5.75 Å². The zero-order valence-corrected chi connectivity index (χ0v) is 19.5. The number of nitrogens with one attached hydrogen (secondary N) is 3. The molecule has 0 amide bonds. The fraction of sp³-hybridized carbons (Fsp3) is 0.360. The van der Waals surface area contributed by atoms with Crippen LogP contribution in [0.3, 0.4) is 0 Å². The summed E-state index contributed by atoms with van der Waals surface area (Å²) in [5, 5.41) is 9.41. The Bertz CT molecular complexity index is 968. The first-order valence-corrected chi connectivity index (χ1v) is 10.9. The number of hydrogen-bond donors (Lipinski definition) is 3. The molecule has 0 saturated carbocycles. The maximum absolute atomic E-state index is 13.8. The first kappa shape index (κ1) is 25.1. The first-order valence-electron chi connectivity index (χ1n) is 10.9. The molecule has 0 radical (unpaired) electrons. The van der Waals surface area contributed by atoms with E-state index in [1.165, 1.54) is 12.1 Å². The number of aryl methyl sites for hydroxylation is 1. The van der Waals surface area contributed by atoms with Crippen molar-refractivity contribution in [2.24, 2.45) is 4.99 Å². The van der Waals surface area contributed by atoms with Crippen molar-refractivity contribution in [2.45, 2.75) is 34.1 Å². The summed E-state index contributed by atoms with van der Waals surface area (Å²) >= 11 is 0. The van der Waals surface area contributed by atoms with Gasteiger partial charge in [0.15, 0.2) is 5.78 Å². The van der Waals surface area contributed by atoms with Crippen LogP contribution in [0, 0.1) is 5.82 Å². The smallest absolute Gasteiger partial charge is 0.192 e. The molecule has 32 heavy (non-hydrogen) atoms. The number of likely N-dealkylation sites (N-methyl/N-ethyl adjacent to an activating group) is 1. The highest BCUT2D eigenvalue weighted by atomic mass is 19.1. The van der Waals surface area contributed by atoms with E-state index in [0.717, 1.165) is 24.5 Å². The second-order valence-electron chi connectivity index (χ2n) is 7.26. The number of hydrogen-bond acceptors (Lipinski definition) is 5. The van der Waals surface area contributed by atoms with Gasteiger partial charge in [-0.3, -0.25) is 4.79 Å². The number of Topliss-reactive ketones (excluding diaryl/α,β-unsaturated/α-hetero) is 1. The van der Waals surface area contributed by atoms with Gasteiger partial charge in [0.05, 0.1) is 0 Å². The third kappa shape index (κ3) is 7.20. The van der Waals surface area contributed by atoms with Crippen LogP contribution in [-0.4, -0.2) is 38.4 Å². The minimum absolute atomic E-state index is 0.195. The van der Waals surface area contributed by atoms with Gasteiger partial charge in [0.1, 0.15) is 29.8 Å².